The van der Waals surface area contributed by atoms with Gasteiger partial charge in [-0.1, -0.05) is 26.0 Å². The predicted molar refractivity (Wildman–Crippen MR) is 66.6 cm³/mol. The molecule has 0 bridgehead atoms. The second-order valence-corrected chi connectivity index (χ2v) is 4.71. The summed E-state index contributed by atoms with van der Waals surface area (Å²) in [5.74, 6) is 0.239. The molecule has 0 saturated carbocycles. The lowest BCUT2D eigenvalue weighted by molar-refractivity contribution is 0.200. The van der Waals surface area contributed by atoms with Gasteiger partial charge in [-0.05, 0) is 31.5 Å². The van der Waals surface area contributed by atoms with Crippen LogP contribution >= 0.6 is 0 Å². The van der Waals surface area contributed by atoms with Gasteiger partial charge in [0.25, 0.3) is 0 Å². The minimum absolute atomic E-state index is 0.269. The topological polar surface area (TPSA) is 29.3 Å². The minimum Gasteiger partial charge on any atom is -0.396 e. The highest BCUT2D eigenvalue weighted by atomic mass is 19.1. The van der Waals surface area contributed by atoms with Crippen LogP contribution in [0.4, 0.5) is 10.1 Å². The molecular weight excluding hydrogens is 203 g/mol. The Morgan fingerprint density at radius 1 is 1.31 bits per heavy atom. The average Bonchev–Trinajstić information content (AvgIpc) is 2.23. The van der Waals surface area contributed by atoms with Gasteiger partial charge in [-0.3, -0.25) is 4.90 Å². The molecule has 0 fully saturated rings. The largest absolute Gasteiger partial charge is 0.396 e. The molecule has 2 N–H and O–H groups in total. The fourth-order valence-electron chi connectivity index (χ4n) is 1.64. The van der Waals surface area contributed by atoms with Gasteiger partial charge < -0.3 is 5.73 Å². The summed E-state index contributed by atoms with van der Waals surface area (Å²) in [4.78, 5) is 2.19. The minimum atomic E-state index is -0.330. The van der Waals surface area contributed by atoms with Gasteiger partial charge in [0.15, 0.2) is 0 Å². The van der Waals surface area contributed by atoms with Crippen LogP contribution in [0.1, 0.15) is 26.3 Å². The van der Waals surface area contributed by atoms with Crippen molar-refractivity contribution in [1.29, 1.82) is 0 Å². The van der Waals surface area contributed by atoms with Crippen LogP contribution in [0.15, 0.2) is 18.2 Å². The first-order valence-corrected chi connectivity index (χ1v) is 5.66. The summed E-state index contributed by atoms with van der Waals surface area (Å²) in [5.41, 5.74) is 6.83. The number of nitrogens with two attached hydrogens (primary N) is 1. The van der Waals surface area contributed by atoms with Crippen LogP contribution < -0.4 is 5.73 Å². The maximum Gasteiger partial charge on any atom is 0.146 e. The van der Waals surface area contributed by atoms with Gasteiger partial charge >= 0.3 is 0 Å². The first kappa shape index (κ1) is 13.0. The van der Waals surface area contributed by atoms with Gasteiger partial charge in [0.05, 0.1) is 5.69 Å². The summed E-state index contributed by atoms with van der Waals surface area (Å²) in [5, 5.41) is 0. The third kappa shape index (κ3) is 2.95. The Hall–Kier alpha value is -1.09. The molecule has 0 heterocycles. The quantitative estimate of drug-likeness (QED) is 0.797. The molecule has 1 atom stereocenters. The van der Waals surface area contributed by atoms with Crippen molar-refractivity contribution in [3.63, 3.8) is 0 Å². The highest BCUT2D eigenvalue weighted by molar-refractivity contribution is 5.47. The Kier molecular flexibility index (Phi) is 4.30. The molecule has 1 unspecified atom stereocenters. The van der Waals surface area contributed by atoms with E-state index in [9.17, 15) is 4.39 Å². The molecule has 0 aliphatic carbocycles. The van der Waals surface area contributed by atoms with E-state index in [0.29, 0.717) is 18.5 Å². The molecule has 2 nitrogen and oxygen atoms in total. The van der Waals surface area contributed by atoms with E-state index in [2.05, 4.69) is 25.7 Å². The van der Waals surface area contributed by atoms with E-state index in [1.807, 2.05) is 13.1 Å². The lowest BCUT2D eigenvalue weighted by Crippen LogP contribution is -2.32. The van der Waals surface area contributed by atoms with Gasteiger partial charge in [0.1, 0.15) is 5.82 Å². The average molecular weight is 224 g/mol. The van der Waals surface area contributed by atoms with Gasteiger partial charge in [-0.25, -0.2) is 4.39 Å². The highest BCUT2D eigenvalue weighted by Crippen LogP contribution is 2.19. The second-order valence-electron chi connectivity index (χ2n) is 4.71. The van der Waals surface area contributed by atoms with Crippen LogP contribution in [0.5, 0.6) is 0 Å². The van der Waals surface area contributed by atoms with Crippen LogP contribution in [-0.2, 0) is 6.54 Å². The van der Waals surface area contributed by atoms with Gasteiger partial charge in [-0.15, -0.1) is 0 Å². The number of rotatable bonds is 4. The third-order valence-corrected chi connectivity index (χ3v) is 3.22. The van der Waals surface area contributed by atoms with Crippen LogP contribution in [0.2, 0.25) is 0 Å². The lowest BCUT2D eigenvalue weighted by atomic mass is 10.0. The molecule has 0 amide bonds. The van der Waals surface area contributed by atoms with Gasteiger partial charge in [0.2, 0.25) is 0 Å². The van der Waals surface area contributed by atoms with E-state index in [1.165, 1.54) is 6.07 Å². The molecule has 1 aromatic rings. The van der Waals surface area contributed by atoms with E-state index in [0.717, 1.165) is 5.56 Å². The Labute approximate surface area is 97.3 Å². The molecule has 0 radical (unpaired) electrons. The highest BCUT2D eigenvalue weighted by Gasteiger charge is 2.14. The lowest BCUT2D eigenvalue weighted by Gasteiger charge is -2.28. The first-order valence-electron chi connectivity index (χ1n) is 5.66. The van der Waals surface area contributed by atoms with Crippen LogP contribution in [-0.4, -0.2) is 18.0 Å². The van der Waals surface area contributed by atoms with Gasteiger partial charge in [-0.2, -0.15) is 0 Å². The molecule has 0 aromatic heterocycles. The Morgan fingerprint density at radius 2 is 1.94 bits per heavy atom. The molecule has 3 heteroatoms. The molecule has 0 spiro atoms. The molecule has 1 aromatic carbocycles. The maximum atomic E-state index is 13.2. The molecule has 0 aliphatic heterocycles. The van der Waals surface area contributed by atoms with Crippen LogP contribution in [0.25, 0.3) is 0 Å². The molecule has 1 rings (SSSR count). The van der Waals surface area contributed by atoms with Crippen molar-refractivity contribution < 1.29 is 4.39 Å². The van der Waals surface area contributed by atoms with E-state index < -0.39 is 0 Å². The number of benzene rings is 1. The van der Waals surface area contributed by atoms with Gasteiger partial charge in [0, 0.05) is 12.6 Å². The standard InChI is InChI=1S/C13H21FN2/c1-9(2)10(3)16(4)8-11-6-5-7-12(14)13(11)15/h5-7,9-10H,8,15H2,1-4H3. The van der Waals surface area contributed by atoms with Crippen LogP contribution in [0, 0.1) is 11.7 Å². The van der Waals surface area contributed by atoms with Crippen molar-refractivity contribution >= 4 is 5.69 Å². The van der Waals surface area contributed by atoms with E-state index >= 15 is 0 Å². The third-order valence-electron chi connectivity index (χ3n) is 3.22. The number of para-hydroxylation sites is 1. The monoisotopic (exact) mass is 224 g/mol. The van der Waals surface area contributed by atoms with Crippen molar-refractivity contribution in [2.24, 2.45) is 5.92 Å². The van der Waals surface area contributed by atoms with Crippen molar-refractivity contribution in [2.45, 2.75) is 33.4 Å². The summed E-state index contributed by atoms with van der Waals surface area (Å²) in [7, 11) is 2.04. The van der Waals surface area contributed by atoms with Crippen molar-refractivity contribution in [3.8, 4) is 0 Å². The Morgan fingerprint density at radius 3 is 2.50 bits per heavy atom. The van der Waals surface area contributed by atoms with Crippen molar-refractivity contribution in [1.82, 2.24) is 4.90 Å². The molecular formula is C13H21FN2. The summed E-state index contributed by atoms with van der Waals surface area (Å²) >= 11 is 0. The SMILES string of the molecule is CC(C)C(C)N(C)Cc1cccc(F)c1N. The molecule has 0 saturated heterocycles. The van der Waals surface area contributed by atoms with E-state index in [-0.39, 0.29) is 11.5 Å². The zero-order valence-corrected chi connectivity index (χ0v) is 10.5. The fraction of sp³-hybridized carbons (Fsp3) is 0.538. The summed E-state index contributed by atoms with van der Waals surface area (Å²) in [6.45, 7) is 7.20. The van der Waals surface area contributed by atoms with Crippen molar-refractivity contribution in [3.05, 3.63) is 29.6 Å². The van der Waals surface area contributed by atoms with Crippen LogP contribution in [0.3, 0.4) is 0 Å². The predicted octanol–water partition coefficient (Wildman–Crippen LogP) is 2.88. The number of hydrogen-bond donors (Lipinski definition) is 1. The first-order chi connectivity index (χ1) is 7.43. The summed E-state index contributed by atoms with van der Waals surface area (Å²) < 4.78 is 13.2. The normalized spacial score (nSPS) is 13.4. The smallest absolute Gasteiger partial charge is 0.146 e. The molecule has 90 valence electrons. The Bertz CT molecular complexity index is 350. The molecule has 16 heavy (non-hydrogen) atoms. The summed E-state index contributed by atoms with van der Waals surface area (Å²) in [6, 6.07) is 5.42. The number of anilines is 1. The Balaban J connectivity index is 2.77. The van der Waals surface area contributed by atoms with E-state index in [1.54, 1.807) is 6.07 Å². The maximum absolute atomic E-state index is 13.2. The van der Waals surface area contributed by atoms with Crippen molar-refractivity contribution in [2.75, 3.05) is 12.8 Å². The number of hydrogen-bond acceptors (Lipinski definition) is 2. The fourth-order valence-corrected chi connectivity index (χ4v) is 1.64. The number of nitrogen functional groups attached to an aromatic ring is 1. The van der Waals surface area contributed by atoms with E-state index in [4.69, 9.17) is 5.73 Å². The second kappa shape index (κ2) is 5.30. The number of halogens is 1. The zero-order valence-electron chi connectivity index (χ0n) is 10.5. The zero-order chi connectivity index (χ0) is 12.3. The number of nitrogens with zero attached hydrogens (tertiary/aromatic N) is 1. The molecule has 0 aliphatic rings. The summed E-state index contributed by atoms with van der Waals surface area (Å²) in [6.07, 6.45) is 0.